The van der Waals surface area contributed by atoms with Crippen molar-refractivity contribution in [1.29, 1.82) is 0 Å². The number of benzene rings is 1. The minimum Gasteiger partial charge on any atom is -0.495 e. The molecule has 0 saturated carbocycles. The standard InChI is InChI=1S/C16H19ClN4O2S/c1-5-8-21-11(3)19-20-16(21)24-10(2)15(22)18-12-6-7-14(23-4)13(17)9-12/h5-7,9-10H,1,8H2,2-4H3,(H,18,22). The second-order valence-corrected chi connectivity index (χ2v) is 6.74. The maximum absolute atomic E-state index is 12.4. The molecule has 1 aromatic heterocycles. The summed E-state index contributed by atoms with van der Waals surface area (Å²) in [5, 5.41) is 11.8. The average molecular weight is 367 g/mol. The highest BCUT2D eigenvalue weighted by Gasteiger charge is 2.19. The summed E-state index contributed by atoms with van der Waals surface area (Å²) in [5.74, 6) is 1.20. The number of carbonyl (C=O) groups excluding carboxylic acids is 1. The summed E-state index contributed by atoms with van der Waals surface area (Å²) >= 11 is 7.41. The molecule has 128 valence electrons. The Bertz CT molecular complexity index is 748. The fourth-order valence-electron chi connectivity index (χ4n) is 1.99. The molecule has 0 radical (unpaired) electrons. The third-order valence-corrected chi connectivity index (χ3v) is 4.66. The predicted molar refractivity (Wildman–Crippen MR) is 96.9 cm³/mol. The van der Waals surface area contributed by atoms with E-state index in [1.807, 2.05) is 18.4 Å². The monoisotopic (exact) mass is 366 g/mol. The van der Waals surface area contributed by atoms with Crippen LogP contribution in [0.3, 0.4) is 0 Å². The number of rotatable bonds is 7. The Morgan fingerprint density at radius 2 is 2.29 bits per heavy atom. The first-order valence-corrected chi connectivity index (χ1v) is 8.53. The maximum atomic E-state index is 12.4. The third-order valence-electron chi connectivity index (χ3n) is 3.28. The molecule has 1 heterocycles. The summed E-state index contributed by atoms with van der Waals surface area (Å²) in [6, 6.07) is 5.10. The van der Waals surface area contributed by atoms with Gasteiger partial charge in [0.05, 0.1) is 17.4 Å². The molecule has 2 aromatic rings. The van der Waals surface area contributed by atoms with Gasteiger partial charge in [0.1, 0.15) is 11.6 Å². The lowest BCUT2D eigenvalue weighted by atomic mass is 10.3. The summed E-state index contributed by atoms with van der Waals surface area (Å²) < 4.78 is 7.00. The van der Waals surface area contributed by atoms with E-state index < -0.39 is 0 Å². The third kappa shape index (κ3) is 4.30. The molecule has 1 N–H and O–H groups in total. The van der Waals surface area contributed by atoms with E-state index in [2.05, 4.69) is 22.1 Å². The fraction of sp³-hybridized carbons (Fsp3) is 0.312. The van der Waals surface area contributed by atoms with Crippen LogP contribution < -0.4 is 10.1 Å². The number of halogens is 1. The molecule has 1 unspecified atom stereocenters. The average Bonchev–Trinajstić information content (AvgIpc) is 2.88. The van der Waals surface area contributed by atoms with Crippen LogP contribution in [-0.4, -0.2) is 33.0 Å². The number of aromatic nitrogens is 3. The van der Waals surface area contributed by atoms with E-state index in [4.69, 9.17) is 16.3 Å². The first-order valence-electron chi connectivity index (χ1n) is 7.28. The Labute approximate surface area is 150 Å². The lowest BCUT2D eigenvalue weighted by Crippen LogP contribution is -2.23. The SMILES string of the molecule is C=CCn1c(C)nnc1SC(C)C(=O)Nc1ccc(OC)c(Cl)c1. The molecule has 0 spiro atoms. The zero-order chi connectivity index (χ0) is 17.7. The number of nitrogens with one attached hydrogen (secondary N) is 1. The Balaban J connectivity index is 2.05. The van der Waals surface area contributed by atoms with Gasteiger partial charge in [-0.15, -0.1) is 16.8 Å². The van der Waals surface area contributed by atoms with Crippen molar-refractivity contribution in [1.82, 2.24) is 14.8 Å². The molecule has 1 amide bonds. The Hall–Kier alpha value is -1.99. The number of thioether (sulfide) groups is 1. The molecular weight excluding hydrogens is 348 g/mol. The van der Waals surface area contributed by atoms with Crippen LogP contribution >= 0.6 is 23.4 Å². The predicted octanol–water partition coefficient (Wildman–Crippen LogP) is 3.55. The van der Waals surface area contributed by atoms with Crippen molar-refractivity contribution in [3.8, 4) is 5.75 Å². The van der Waals surface area contributed by atoms with Crippen LogP contribution in [0, 0.1) is 6.92 Å². The van der Waals surface area contributed by atoms with Crippen molar-refractivity contribution in [3.63, 3.8) is 0 Å². The zero-order valence-electron chi connectivity index (χ0n) is 13.7. The molecule has 0 fully saturated rings. The molecule has 2 rings (SSSR count). The van der Waals surface area contributed by atoms with E-state index >= 15 is 0 Å². The number of hydrogen-bond donors (Lipinski definition) is 1. The van der Waals surface area contributed by atoms with Gasteiger partial charge in [-0.2, -0.15) is 0 Å². The highest BCUT2D eigenvalue weighted by atomic mass is 35.5. The number of methoxy groups -OCH3 is 1. The van der Waals surface area contributed by atoms with Crippen LogP contribution in [0.5, 0.6) is 5.75 Å². The van der Waals surface area contributed by atoms with Crippen molar-refractivity contribution in [3.05, 3.63) is 41.7 Å². The second-order valence-electron chi connectivity index (χ2n) is 5.03. The van der Waals surface area contributed by atoms with Gasteiger partial charge in [-0.3, -0.25) is 4.79 Å². The van der Waals surface area contributed by atoms with Crippen molar-refractivity contribution >= 4 is 35.0 Å². The fourth-order valence-corrected chi connectivity index (χ4v) is 3.15. The smallest absolute Gasteiger partial charge is 0.237 e. The van der Waals surface area contributed by atoms with Gasteiger partial charge in [0.25, 0.3) is 0 Å². The van der Waals surface area contributed by atoms with Gasteiger partial charge in [0, 0.05) is 12.2 Å². The Kier molecular flexibility index (Phi) is 6.28. The summed E-state index contributed by atoms with van der Waals surface area (Å²) in [7, 11) is 1.54. The molecule has 0 saturated heterocycles. The van der Waals surface area contributed by atoms with Crippen LogP contribution in [0.25, 0.3) is 0 Å². The number of ether oxygens (including phenoxy) is 1. The van der Waals surface area contributed by atoms with Gasteiger partial charge in [0.15, 0.2) is 5.16 Å². The molecular formula is C16H19ClN4O2S. The summed E-state index contributed by atoms with van der Waals surface area (Å²) in [6.07, 6.45) is 1.77. The van der Waals surface area contributed by atoms with Crippen LogP contribution in [0.1, 0.15) is 12.7 Å². The van der Waals surface area contributed by atoms with E-state index in [1.165, 1.54) is 11.8 Å². The molecule has 6 nitrogen and oxygen atoms in total. The largest absolute Gasteiger partial charge is 0.495 e. The molecule has 0 aliphatic rings. The van der Waals surface area contributed by atoms with E-state index in [0.29, 0.717) is 28.2 Å². The normalized spacial score (nSPS) is 11.8. The van der Waals surface area contributed by atoms with Crippen LogP contribution in [0.15, 0.2) is 36.0 Å². The second kappa shape index (κ2) is 8.21. The van der Waals surface area contributed by atoms with E-state index in [1.54, 1.807) is 31.4 Å². The molecule has 0 aliphatic carbocycles. The van der Waals surface area contributed by atoms with Crippen molar-refractivity contribution in [2.24, 2.45) is 0 Å². The van der Waals surface area contributed by atoms with Gasteiger partial charge in [0.2, 0.25) is 5.91 Å². The van der Waals surface area contributed by atoms with E-state index in [-0.39, 0.29) is 11.2 Å². The molecule has 0 bridgehead atoms. The molecule has 1 atom stereocenters. The first kappa shape index (κ1) is 18.4. The van der Waals surface area contributed by atoms with Crippen molar-refractivity contribution in [2.75, 3.05) is 12.4 Å². The lowest BCUT2D eigenvalue weighted by Gasteiger charge is -2.13. The number of amides is 1. The summed E-state index contributed by atoms with van der Waals surface area (Å²) in [4.78, 5) is 12.4. The minimum atomic E-state index is -0.349. The number of aryl methyl sites for hydroxylation is 1. The van der Waals surface area contributed by atoms with Crippen molar-refractivity contribution < 1.29 is 9.53 Å². The Morgan fingerprint density at radius 3 is 2.92 bits per heavy atom. The number of allylic oxidation sites excluding steroid dienone is 1. The van der Waals surface area contributed by atoms with E-state index in [9.17, 15) is 4.79 Å². The highest BCUT2D eigenvalue weighted by molar-refractivity contribution is 8.00. The molecule has 24 heavy (non-hydrogen) atoms. The summed E-state index contributed by atoms with van der Waals surface area (Å²) in [5.41, 5.74) is 0.613. The number of anilines is 1. The highest BCUT2D eigenvalue weighted by Crippen LogP contribution is 2.28. The number of nitrogens with zero attached hydrogens (tertiary/aromatic N) is 3. The van der Waals surface area contributed by atoms with Gasteiger partial charge >= 0.3 is 0 Å². The van der Waals surface area contributed by atoms with Gasteiger partial charge in [-0.1, -0.05) is 29.4 Å². The van der Waals surface area contributed by atoms with Gasteiger partial charge in [-0.25, -0.2) is 0 Å². The number of carbonyl (C=O) groups is 1. The Morgan fingerprint density at radius 1 is 1.54 bits per heavy atom. The van der Waals surface area contributed by atoms with Crippen LogP contribution in [-0.2, 0) is 11.3 Å². The quantitative estimate of drug-likeness (QED) is 0.599. The summed E-state index contributed by atoms with van der Waals surface area (Å²) in [6.45, 7) is 8.00. The number of hydrogen-bond acceptors (Lipinski definition) is 5. The molecule has 0 aliphatic heterocycles. The van der Waals surface area contributed by atoms with Crippen LogP contribution in [0.4, 0.5) is 5.69 Å². The van der Waals surface area contributed by atoms with Crippen LogP contribution in [0.2, 0.25) is 5.02 Å². The molecule has 8 heteroatoms. The van der Waals surface area contributed by atoms with Gasteiger partial charge in [-0.05, 0) is 32.0 Å². The topological polar surface area (TPSA) is 69.0 Å². The van der Waals surface area contributed by atoms with E-state index in [0.717, 1.165) is 5.82 Å². The maximum Gasteiger partial charge on any atom is 0.237 e. The van der Waals surface area contributed by atoms with Gasteiger partial charge < -0.3 is 14.6 Å². The molecule has 1 aromatic carbocycles. The zero-order valence-corrected chi connectivity index (χ0v) is 15.3. The lowest BCUT2D eigenvalue weighted by molar-refractivity contribution is -0.115. The minimum absolute atomic E-state index is 0.146. The first-order chi connectivity index (χ1) is 11.5. The van der Waals surface area contributed by atoms with Crippen molar-refractivity contribution in [2.45, 2.75) is 30.8 Å².